The molecule has 3 N–H and O–H groups in total. The molecule has 0 unspecified atom stereocenters. The molecule has 0 bridgehead atoms. The lowest BCUT2D eigenvalue weighted by molar-refractivity contribution is -0.172. The third-order valence-corrected chi connectivity index (χ3v) is 7.26. The number of esters is 1. The number of hydrogen-bond donors (Lipinski definition) is 3. The van der Waals surface area contributed by atoms with Crippen molar-refractivity contribution in [1.82, 2.24) is 5.32 Å². The van der Waals surface area contributed by atoms with Gasteiger partial charge < -0.3 is 20.3 Å². The van der Waals surface area contributed by atoms with E-state index in [9.17, 15) is 19.8 Å². The van der Waals surface area contributed by atoms with Gasteiger partial charge in [0.25, 0.3) is 5.91 Å². The van der Waals surface area contributed by atoms with Crippen molar-refractivity contribution in [2.45, 2.75) is 78.2 Å². The van der Waals surface area contributed by atoms with Crippen LogP contribution in [-0.4, -0.2) is 45.9 Å². The Morgan fingerprint density at radius 1 is 1.19 bits per heavy atom. The first kappa shape index (κ1) is 23.7. The van der Waals surface area contributed by atoms with Crippen molar-refractivity contribution < 1.29 is 24.5 Å². The van der Waals surface area contributed by atoms with E-state index in [-0.39, 0.29) is 29.7 Å². The van der Waals surface area contributed by atoms with Gasteiger partial charge in [-0.3, -0.25) is 4.79 Å². The molecule has 1 spiro atoms. The standard InChI is InChI=1S/C25H37NO5/c1-13(2)9-19-22-17(6)15(4)12-18-11-14(3)10-16(5)23(29)20(27)7-8-21(28)31-25(18,22)24(30)26-19/h7-8,11-13,16-20,22-23,27,29H,9-10H2,1-6H3,(H,26,30)/b8-7-,14-11+/t16-,17+,18-,19-,20+,22-,23-,25+/m1/s1. The number of hydrogen-bond acceptors (Lipinski definition) is 5. The second-order valence-corrected chi connectivity index (χ2v) is 10.2. The Labute approximate surface area is 185 Å². The SMILES string of the molecule is CC1=C[C@H]2/C=C(\C)C[C@@H](C)[C@@H](O)[C@@H](O)/C=C\C(=O)O[C@@]23C(=O)N[C@H](CC(C)C)[C@H]3[C@H]1C. The zero-order valence-electron chi connectivity index (χ0n) is 19.5. The lowest BCUT2D eigenvalue weighted by Crippen LogP contribution is -2.56. The fourth-order valence-electron chi connectivity index (χ4n) is 5.66. The molecule has 3 aliphatic rings. The minimum atomic E-state index is -1.33. The Hall–Kier alpha value is -1.92. The second-order valence-electron chi connectivity index (χ2n) is 10.2. The fourth-order valence-corrected chi connectivity index (χ4v) is 5.66. The van der Waals surface area contributed by atoms with Crippen LogP contribution < -0.4 is 5.32 Å². The van der Waals surface area contributed by atoms with Gasteiger partial charge in [-0.05, 0) is 50.5 Å². The Bertz CT molecular complexity index is 813. The lowest BCUT2D eigenvalue weighted by Gasteiger charge is -2.45. The fraction of sp³-hybridized carbons (Fsp3) is 0.680. The van der Waals surface area contributed by atoms with Crippen LogP contribution in [0.25, 0.3) is 0 Å². The van der Waals surface area contributed by atoms with E-state index in [1.165, 1.54) is 11.6 Å². The maximum absolute atomic E-state index is 13.5. The summed E-state index contributed by atoms with van der Waals surface area (Å²) in [5.41, 5.74) is 0.844. The van der Waals surface area contributed by atoms with Crippen molar-refractivity contribution >= 4 is 11.9 Å². The molecule has 2 heterocycles. The van der Waals surface area contributed by atoms with E-state index in [0.717, 1.165) is 18.1 Å². The molecule has 0 aromatic carbocycles. The topological polar surface area (TPSA) is 95.9 Å². The van der Waals surface area contributed by atoms with Crippen LogP contribution in [0, 0.1) is 29.6 Å². The van der Waals surface area contributed by atoms with Crippen molar-refractivity contribution in [3.63, 3.8) is 0 Å². The highest BCUT2D eigenvalue weighted by Crippen LogP contribution is 2.51. The van der Waals surface area contributed by atoms with Crippen LogP contribution in [0.1, 0.15) is 54.4 Å². The highest BCUT2D eigenvalue weighted by atomic mass is 16.6. The van der Waals surface area contributed by atoms with Crippen molar-refractivity contribution in [1.29, 1.82) is 0 Å². The molecule has 8 atom stereocenters. The number of aliphatic hydroxyl groups is 2. The molecular formula is C25H37NO5. The first-order chi connectivity index (χ1) is 14.5. The molecule has 0 radical (unpaired) electrons. The highest BCUT2D eigenvalue weighted by molar-refractivity contribution is 5.94. The van der Waals surface area contributed by atoms with Gasteiger partial charge in [0.15, 0.2) is 0 Å². The van der Waals surface area contributed by atoms with Crippen LogP contribution in [0.4, 0.5) is 0 Å². The zero-order valence-corrected chi connectivity index (χ0v) is 19.5. The number of amides is 1. The van der Waals surface area contributed by atoms with E-state index in [0.29, 0.717) is 12.3 Å². The van der Waals surface area contributed by atoms with E-state index < -0.39 is 29.7 Å². The van der Waals surface area contributed by atoms with E-state index in [2.05, 4.69) is 39.1 Å². The Morgan fingerprint density at radius 3 is 2.52 bits per heavy atom. The molecule has 0 aromatic rings. The summed E-state index contributed by atoms with van der Waals surface area (Å²) in [5, 5.41) is 23.8. The third kappa shape index (κ3) is 4.37. The molecule has 172 valence electrons. The largest absolute Gasteiger partial charge is 0.444 e. The van der Waals surface area contributed by atoms with Crippen LogP contribution in [0.5, 0.6) is 0 Å². The second kappa shape index (κ2) is 8.91. The van der Waals surface area contributed by atoms with Crippen LogP contribution in [0.2, 0.25) is 0 Å². The van der Waals surface area contributed by atoms with Crippen LogP contribution in [0.15, 0.2) is 35.5 Å². The Balaban J connectivity index is 2.15. The Morgan fingerprint density at radius 2 is 1.87 bits per heavy atom. The van der Waals surface area contributed by atoms with Crippen molar-refractivity contribution in [2.75, 3.05) is 0 Å². The average Bonchev–Trinajstić information content (AvgIpc) is 2.94. The molecular weight excluding hydrogens is 394 g/mol. The van der Waals surface area contributed by atoms with Crippen molar-refractivity contribution in [2.24, 2.45) is 29.6 Å². The predicted molar refractivity (Wildman–Crippen MR) is 119 cm³/mol. The van der Waals surface area contributed by atoms with Gasteiger partial charge in [-0.2, -0.15) is 0 Å². The number of rotatable bonds is 2. The van der Waals surface area contributed by atoms with Crippen LogP contribution >= 0.6 is 0 Å². The molecule has 1 aliphatic carbocycles. The molecule has 2 aliphatic heterocycles. The number of allylic oxidation sites excluding steroid dienone is 2. The maximum atomic E-state index is 13.5. The van der Waals surface area contributed by atoms with E-state index in [4.69, 9.17) is 4.74 Å². The minimum Gasteiger partial charge on any atom is -0.444 e. The van der Waals surface area contributed by atoms with Crippen molar-refractivity contribution in [3.05, 3.63) is 35.5 Å². The Kier molecular flexibility index (Phi) is 6.82. The van der Waals surface area contributed by atoms with Gasteiger partial charge in [0.2, 0.25) is 5.60 Å². The summed E-state index contributed by atoms with van der Waals surface area (Å²) < 4.78 is 6.02. The van der Waals surface area contributed by atoms with Gasteiger partial charge >= 0.3 is 5.97 Å². The summed E-state index contributed by atoms with van der Waals surface area (Å²) in [6.45, 7) is 12.2. The minimum absolute atomic E-state index is 0.0728. The smallest absolute Gasteiger partial charge is 0.331 e. The summed E-state index contributed by atoms with van der Waals surface area (Å²) in [6.07, 6.45) is 5.66. The number of carbonyl (C=O) groups excluding carboxylic acids is 2. The number of aliphatic hydroxyl groups excluding tert-OH is 2. The van der Waals surface area contributed by atoms with Crippen LogP contribution in [0.3, 0.4) is 0 Å². The number of carbonyl (C=O) groups is 2. The van der Waals surface area contributed by atoms with Gasteiger partial charge in [-0.25, -0.2) is 4.79 Å². The van der Waals surface area contributed by atoms with Gasteiger partial charge in [-0.15, -0.1) is 0 Å². The first-order valence-corrected chi connectivity index (χ1v) is 11.4. The molecule has 0 aromatic heterocycles. The molecule has 3 rings (SSSR count). The van der Waals surface area contributed by atoms with Gasteiger partial charge in [0.05, 0.1) is 12.2 Å². The summed E-state index contributed by atoms with van der Waals surface area (Å²) in [6, 6.07) is -0.0848. The molecule has 1 fully saturated rings. The number of ether oxygens (including phenoxy) is 1. The summed E-state index contributed by atoms with van der Waals surface area (Å²) in [5.74, 6) is -1.26. The summed E-state index contributed by atoms with van der Waals surface area (Å²) in [7, 11) is 0. The van der Waals surface area contributed by atoms with Gasteiger partial charge in [0.1, 0.15) is 0 Å². The first-order valence-electron chi connectivity index (χ1n) is 11.4. The van der Waals surface area contributed by atoms with Crippen LogP contribution in [-0.2, 0) is 14.3 Å². The number of nitrogens with one attached hydrogen (secondary N) is 1. The molecule has 6 heteroatoms. The quantitative estimate of drug-likeness (QED) is 0.462. The normalized spacial score (nSPS) is 44.0. The molecule has 31 heavy (non-hydrogen) atoms. The van der Waals surface area contributed by atoms with E-state index in [1.54, 1.807) is 0 Å². The molecule has 0 saturated carbocycles. The molecule has 6 nitrogen and oxygen atoms in total. The lowest BCUT2D eigenvalue weighted by atomic mass is 9.63. The summed E-state index contributed by atoms with van der Waals surface area (Å²) in [4.78, 5) is 26.3. The zero-order chi connectivity index (χ0) is 23.1. The van der Waals surface area contributed by atoms with Gasteiger partial charge in [0, 0.05) is 24.0 Å². The van der Waals surface area contributed by atoms with Crippen molar-refractivity contribution in [3.8, 4) is 0 Å². The maximum Gasteiger partial charge on any atom is 0.331 e. The highest BCUT2D eigenvalue weighted by Gasteiger charge is 2.64. The molecule has 1 amide bonds. The average molecular weight is 432 g/mol. The predicted octanol–water partition coefficient (Wildman–Crippen LogP) is 2.91. The third-order valence-electron chi connectivity index (χ3n) is 7.26. The van der Waals surface area contributed by atoms with E-state index in [1.807, 2.05) is 19.9 Å². The van der Waals surface area contributed by atoms with E-state index >= 15 is 0 Å². The van der Waals surface area contributed by atoms with Gasteiger partial charge in [-0.1, -0.05) is 51.0 Å². The monoisotopic (exact) mass is 431 g/mol. The molecule has 1 saturated heterocycles. The summed E-state index contributed by atoms with van der Waals surface area (Å²) >= 11 is 0.